The fourth-order valence-corrected chi connectivity index (χ4v) is 2.87. The van der Waals surface area contributed by atoms with Crippen LogP contribution in [-0.2, 0) is 19.1 Å². The Labute approximate surface area is 159 Å². The zero-order chi connectivity index (χ0) is 20.0. The lowest BCUT2D eigenvalue weighted by Crippen LogP contribution is -2.28. The molecule has 0 radical (unpaired) electrons. The molecule has 0 aliphatic carbocycles. The molecule has 1 heterocycles. The molecule has 1 amide bonds. The maximum atomic E-state index is 13.0. The van der Waals surface area contributed by atoms with Crippen LogP contribution in [0.2, 0.25) is 0 Å². The van der Waals surface area contributed by atoms with Gasteiger partial charge in [0.05, 0.1) is 38.6 Å². The Morgan fingerprint density at radius 3 is 2.52 bits per heavy atom. The normalized spacial score (nSPS) is 15.5. The zero-order valence-electron chi connectivity index (χ0n) is 16.3. The van der Waals surface area contributed by atoms with E-state index in [0.29, 0.717) is 35.9 Å². The maximum Gasteiger partial charge on any atom is 0.340 e. The molecule has 1 aromatic rings. The minimum Gasteiger partial charge on any atom is -0.497 e. The van der Waals surface area contributed by atoms with E-state index in [2.05, 4.69) is 0 Å². The topological polar surface area (TPSA) is 74.3 Å². The fourth-order valence-electron chi connectivity index (χ4n) is 2.87. The minimum atomic E-state index is -0.526. The lowest BCUT2D eigenvalue weighted by Gasteiger charge is -2.17. The third-order valence-corrected chi connectivity index (χ3v) is 4.25. The summed E-state index contributed by atoms with van der Waals surface area (Å²) in [6, 6.07) is 5.25. The van der Waals surface area contributed by atoms with Crippen molar-refractivity contribution in [3.05, 3.63) is 40.6 Å². The lowest BCUT2D eigenvalue weighted by atomic mass is 10.0. The molecular formula is C20H25NO6. The molecule has 1 aliphatic heterocycles. The van der Waals surface area contributed by atoms with E-state index in [1.54, 1.807) is 52.3 Å². The Hall–Kier alpha value is -2.80. The van der Waals surface area contributed by atoms with E-state index in [4.69, 9.17) is 18.9 Å². The average molecular weight is 375 g/mol. The maximum absolute atomic E-state index is 13.0. The van der Waals surface area contributed by atoms with Crippen molar-refractivity contribution in [2.24, 2.45) is 0 Å². The molecule has 0 saturated carbocycles. The van der Waals surface area contributed by atoms with Crippen LogP contribution in [-0.4, -0.2) is 57.9 Å². The summed E-state index contributed by atoms with van der Waals surface area (Å²) in [4.78, 5) is 27.0. The van der Waals surface area contributed by atoms with E-state index < -0.39 is 5.97 Å². The molecule has 0 atom stereocenters. The highest BCUT2D eigenvalue weighted by Gasteiger charge is 2.37. The summed E-state index contributed by atoms with van der Waals surface area (Å²) in [5, 5.41) is 0. The largest absolute Gasteiger partial charge is 0.497 e. The van der Waals surface area contributed by atoms with Crippen LogP contribution in [0.4, 0.5) is 0 Å². The molecule has 1 aromatic carbocycles. The molecule has 0 N–H and O–H groups in total. The average Bonchev–Trinajstić information content (AvgIpc) is 2.90. The van der Waals surface area contributed by atoms with Crippen molar-refractivity contribution in [1.82, 2.24) is 4.90 Å². The van der Waals surface area contributed by atoms with E-state index in [-0.39, 0.29) is 23.7 Å². The SMILES string of the molecule is CCOC(=O)C1=C(C)N(CCOC)C(=O)/C1=C/c1ccc(OC)cc1OC. The van der Waals surface area contributed by atoms with Crippen molar-refractivity contribution in [1.29, 1.82) is 0 Å². The first-order valence-corrected chi connectivity index (χ1v) is 8.61. The van der Waals surface area contributed by atoms with Gasteiger partial charge in [-0.1, -0.05) is 0 Å². The standard InChI is InChI=1S/C20H25NO6/c1-6-27-20(23)18-13(2)21(9-10-24-3)19(22)16(18)11-14-7-8-15(25-4)12-17(14)26-5/h7-8,11-12H,6,9-10H2,1-5H3/b16-11+. The van der Waals surface area contributed by atoms with Crippen molar-refractivity contribution < 1.29 is 28.5 Å². The Kier molecular flexibility index (Phi) is 7.01. The van der Waals surface area contributed by atoms with Crippen molar-refractivity contribution in [3.63, 3.8) is 0 Å². The van der Waals surface area contributed by atoms with Gasteiger partial charge < -0.3 is 23.8 Å². The van der Waals surface area contributed by atoms with E-state index >= 15 is 0 Å². The van der Waals surface area contributed by atoms with Crippen LogP contribution in [0, 0.1) is 0 Å². The van der Waals surface area contributed by atoms with Crippen molar-refractivity contribution in [3.8, 4) is 11.5 Å². The van der Waals surface area contributed by atoms with Gasteiger partial charge in [-0.25, -0.2) is 4.79 Å². The molecule has 0 bridgehead atoms. The van der Waals surface area contributed by atoms with Gasteiger partial charge in [0.25, 0.3) is 5.91 Å². The van der Waals surface area contributed by atoms with Gasteiger partial charge in [0.2, 0.25) is 0 Å². The van der Waals surface area contributed by atoms with Gasteiger partial charge in [0.1, 0.15) is 11.5 Å². The first kappa shape index (κ1) is 20.5. The molecule has 7 heteroatoms. The summed E-state index contributed by atoms with van der Waals surface area (Å²) in [7, 11) is 4.66. The smallest absolute Gasteiger partial charge is 0.340 e. The van der Waals surface area contributed by atoms with Gasteiger partial charge in [0, 0.05) is 31.0 Å². The second-order valence-corrected chi connectivity index (χ2v) is 5.80. The monoisotopic (exact) mass is 375 g/mol. The van der Waals surface area contributed by atoms with Crippen LogP contribution in [0.1, 0.15) is 19.4 Å². The first-order chi connectivity index (χ1) is 13.0. The summed E-state index contributed by atoms with van der Waals surface area (Å²) in [6.07, 6.45) is 1.64. The number of hydrogen-bond donors (Lipinski definition) is 0. The van der Waals surface area contributed by atoms with Crippen LogP contribution in [0.15, 0.2) is 35.0 Å². The first-order valence-electron chi connectivity index (χ1n) is 8.61. The number of carbonyl (C=O) groups is 2. The third kappa shape index (κ3) is 4.31. The summed E-state index contributed by atoms with van der Waals surface area (Å²) in [5.74, 6) is 0.365. The fraction of sp³-hybridized carbons (Fsp3) is 0.400. The number of amides is 1. The number of hydrogen-bond acceptors (Lipinski definition) is 6. The van der Waals surface area contributed by atoms with E-state index in [0.717, 1.165) is 0 Å². The molecule has 27 heavy (non-hydrogen) atoms. The number of nitrogens with zero attached hydrogens (tertiary/aromatic N) is 1. The number of ether oxygens (including phenoxy) is 4. The van der Waals surface area contributed by atoms with E-state index in [1.165, 1.54) is 12.0 Å². The summed E-state index contributed by atoms with van der Waals surface area (Å²) < 4.78 is 20.8. The highest BCUT2D eigenvalue weighted by Crippen LogP contribution is 2.34. The summed E-state index contributed by atoms with van der Waals surface area (Å²) in [6.45, 7) is 4.38. The van der Waals surface area contributed by atoms with Crippen molar-refractivity contribution in [2.45, 2.75) is 13.8 Å². The zero-order valence-corrected chi connectivity index (χ0v) is 16.3. The van der Waals surface area contributed by atoms with Crippen LogP contribution in [0.25, 0.3) is 6.08 Å². The Morgan fingerprint density at radius 2 is 1.93 bits per heavy atom. The van der Waals surface area contributed by atoms with Gasteiger partial charge in [-0.2, -0.15) is 0 Å². The van der Waals surface area contributed by atoms with Gasteiger partial charge in [-0.05, 0) is 32.1 Å². The molecule has 0 unspecified atom stereocenters. The molecule has 146 valence electrons. The number of benzene rings is 1. The van der Waals surface area contributed by atoms with Crippen LogP contribution < -0.4 is 9.47 Å². The molecule has 7 nitrogen and oxygen atoms in total. The number of allylic oxidation sites excluding steroid dienone is 1. The van der Waals surface area contributed by atoms with Crippen molar-refractivity contribution in [2.75, 3.05) is 41.1 Å². The van der Waals surface area contributed by atoms with E-state index in [1.807, 2.05) is 0 Å². The summed E-state index contributed by atoms with van der Waals surface area (Å²) in [5.41, 5.74) is 1.74. The second-order valence-electron chi connectivity index (χ2n) is 5.80. The van der Waals surface area contributed by atoms with E-state index in [9.17, 15) is 9.59 Å². The van der Waals surface area contributed by atoms with Gasteiger partial charge in [-0.3, -0.25) is 4.79 Å². The van der Waals surface area contributed by atoms with Crippen molar-refractivity contribution >= 4 is 18.0 Å². The van der Waals surface area contributed by atoms with Crippen LogP contribution in [0.5, 0.6) is 11.5 Å². The molecule has 0 fully saturated rings. The second kappa shape index (κ2) is 9.23. The van der Waals surface area contributed by atoms with Gasteiger partial charge >= 0.3 is 5.97 Å². The molecule has 0 aromatic heterocycles. The predicted octanol–water partition coefficient (Wildman–Crippen LogP) is 2.41. The Morgan fingerprint density at radius 1 is 1.19 bits per heavy atom. The summed E-state index contributed by atoms with van der Waals surface area (Å²) >= 11 is 0. The number of esters is 1. The molecule has 2 rings (SSSR count). The predicted molar refractivity (Wildman–Crippen MR) is 100 cm³/mol. The number of carbonyl (C=O) groups excluding carboxylic acids is 2. The number of methoxy groups -OCH3 is 3. The Bertz CT molecular complexity index is 781. The van der Waals surface area contributed by atoms with Gasteiger partial charge in [0.15, 0.2) is 0 Å². The minimum absolute atomic E-state index is 0.223. The lowest BCUT2D eigenvalue weighted by molar-refractivity contribution is -0.138. The van der Waals surface area contributed by atoms with Gasteiger partial charge in [-0.15, -0.1) is 0 Å². The molecule has 0 spiro atoms. The number of rotatable bonds is 8. The van der Waals surface area contributed by atoms with Crippen LogP contribution in [0.3, 0.4) is 0 Å². The third-order valence-electron chi connectivity index (χ3n) is 4.25. The molecule has 1 aliphatic rings. The highest BCUT2D eigenvalue weighted by molar-refractivity contribution is 6.16. The molecular weight excluding hydrogens is 350 g/mol. The van der Waals surface area contributed by atoms with Crippen LogP contribution >= 0.6 is 0 Å². The molecule has 0 saturated heterocycles. The quantitative estimate of drug-likeness (QED) is 0.513. The Balaban J connectivity index is 2.53. The highest BCUT2D eigenvalue weighted by atomic mass is 16.5.